The average molecular weight is 340 g/mol. The summed E-state index contributed by atoms with van der Waals surface area (Å²) in [4.78, 5) is 23.6. The van der Waals surface area contributed by atoms with Crippen LogP contribution in [0.5, 0.6) is 0 Å². The minimum atomic E-state index is -0.364. The number of hydrogen-bond acceptors (Lipinski definition) is 2. The zero-order chi connectivity index (χ0) is 14.4. The molecule has 0 bridgehead atoms. The number of benzene rings is 1. The number of nitrogens with one attached hydrogen (secondary N) is 3. The number of carbonyl (C=O) groups excluding carboxylic acids is 2. The number of hydrazine groups is 1. The smallest absolute Gasteiger partial charge is 0.333 e. The van der Waals surface area contributed by atoms with E-state index in [0.717, 1.165) is 25.7 Å². The second-order valence-electron chi connectivity index (χ2n) is 4.87. The minimum Gasteiger partial charge on any atom is -0.334 e. The highest BCUT2D eigenvalue weighted by Gasteiger charge is 2.16. The quantitative estimate of drug-likeness (QED) is 0.725. The lowest BCUT2D eigenvalue weighted by atomic mass is 9.96. The Kier molecular flexibility index (Phi) is 5.40. The van der Waals surface area contributed by atoms with E-state index in [4.69, 9.17) is 0 Å². The van der Waals surface area contributed by atoms with E-state index < -0.39 is 0 Å². The Hall–Kier alpha value is -1.56. The fraction of sp³-hybridized carbons (Fsp3) is 0.429. The van der Waals surface area contributed by atoms with Gasteiger partial charge in [0.25, 0.3) is 5.91 Å². The molecule has 3 N–H and O–H groups in total. The van der Waals surface area contributed by atoms with E-state index in [0.29, 0.717) is 10.0 Å². The van der Waals surface area contributed by atoms with Crippen molar-refractivity contribution in [3.05, 3.63) is 34.3 Å². The number of carbonyl (C=O) groups is 2. The van der Waals surface area contributed by atoms with Crippen LogP contribution in [0.3, 0.4) is 0 Å². The highest BCUT2D eigenvalue weighted by atomic mass is 79.9. The van der Waals surface area contributed by atoms with Crippen molar-refractivity contribution in [3.8, 4) is 0 Å². The molecule has 0 heterocycles. The largest absolute Gasteiger partial charge is 0.334 e. The standard InChI is InChI=1S/C14H18BrN3O2/c15-12-9-5-4-8-11(12)13(19)17-18-14(20)16-10-6-2-1-3-7-10/h4-5,8-10H,1-3,6-7H2,(H,17,19)(H2,16,18,20). The van der Waals surface area contributed by atoms with Crippen molar-refractivity contribution in [2.75, 3.05) is 0 Å². The molecule has 0 aromatic heterocycles. The van der Waals surface area contributed by atoms with Gasteiger partial charge in [-0.15, -0.1) is 0 Å². The monoisotopic (exact) mass is 339 g/mol. The highest BCUT2D eigenvalue weighted by molar-refractivity contribution is 9.10. The minimum absolute atomic E-state index is 0.212. The third-order valence-corrected chi connectivity index (χ3v) is 4.04. The molecule has 6 heteroatoms. The van der Waals surface area contributed by atoms with Crippen molar-refractivity contribution in [2.45, 2.75) is 38.1 Å². The van der Waals surface area contributed by atoms with Gasteiger partial charge in [0.1, 0.15) is 0 Å². The summed E-state index contributed by atoms with van der Waals surface area (Å²) in [5, 5.41) is 2.86. The van der Waals surface area contributed by atoms with E-state index in [9.17, 15) is 9.59 Å². The van der Waals surface area contributed by atoms with E-state index in [1.807, 2.05) is 6.07 Å². The van der Waals surface area contributed by atoms with Gasteiger partial charge in [-0.05, 0) is 40.9 Å². The molecule has 3 amide bonds. The lowest BCUT2D eigenvalue weighted by Crippen LogP contribution is -2.50. The fourth-order valence-electron chi connectivity index (χ4n) is 2.29. The lowest BCUT2D eigenvalue weighted by Gasteiger charge is -2.22. The van der Waals surface area contributed by atoms with E-state index in [-0.39, 0.29) is 18.0 Å². The topological polar surface area (TPSA) is 70.2 Å². The number of hydrogen-bond donors (Lipinski definition) is 3. The van der Waals surface area contributed by atoms with Crippen LogP contribution >= 0.6 is 15.9 Å². The summed E-state index contributed by atoms with van der Waals surface area (Å²) in [6.07, 6.45) is 5.54. The van der Waals surface area contributed by atoms with E-state index in [2.05, 4.69) is 32.1 Å². The van der Waals surface area contributed by atoms with Crippen LogP contribution in [0.15, 0.2) is 28.7 Å². The van der Waals surface area contributed by atoms with E-state index >= 15 is 0 Å². The molecule has 108 valence electrons. The average Bonchev–Trinajstić information content (AvgIpc) is 2.46. The number of amides is 3. The Balaban J connectivity index is 1.78. The van der Waals surface area contributed by atoms with Crippen LogP contribution in [0, 0.1) is 0 Å². The number of rotatable bonds is 2. The van der Waals surface area contributed by atoms with Crippen LogP contribution in [0.4, 0.5) is 4.79 Å². The van der Waals surface area contributed by atoms with Crippen LogP contribution < -0.4 is 16.2 Å². The molecule has 0 unspecified atom stereocenters. The maximum atomic E-state index is 11.9. The summed E-state index contributed by atoms with van der Waals surface area (Å²) in [7, 11) is 0. The first kappa shape index (κ1) is 14.8. The summed E-state index contributed by atoms with van der Waals surface area (Å²) in [5.41, 5.74) is 5.26. The zero-order valence-corrected chi connectivity index (χ0v) is 12.7. The van der Waals surface area contributed by atoms with Crippen molar-refractivity contribution in [1.29, 1.82) is 0 Å². The number of urea groups is 1. The predicted molar refractivity (Wildman–Crippen MR) is 80.1 cm³/mol. The van der Waals surface area contributed by atoms with Gasteiger partial charge in [-0.1, -0.05) is 31.4 Å². The second-order valence-corrected chi connectivity index (χ2v) is 5.72. The van der Waals surface area contributed by atoms with Gasteiger partial charge in [0.15, 0.2) is 0 Å². The highest BCUT2D eigenvalue weighted by Crippen LogP contribution is 2.17. The molecule has 0 saturated heterocycles. The maximum Gasteiger partial charge on any atom is 0.333 e. The molecular weight excluding hydrogens is 322 g/mol. The third-order valence-electron chi connectivity index (χ3n) is 3.35. The first-order valence-corrected chi connectivity index (χ1v) is 7.57. The van der Waals surface area contributed by atoms with Crippen molar-refractivity contribution < 1.29 is 9.59 Å². The molecule has 5 nitrogen and oxygen atoms in total. The molecule has 1 aliphatic carbocycles. The molecule has 20 heavy (non-hydrogen) atoms. The first-order chi connectivity index (χ1) is 9.66. The van der Waals surface area contributed by atoms with Gasteiger partial charge in [0.05, 0.1) is 5.56 Å². The van der Waals surface area contributed by atoms with Gasteiger partial charge in [0.2, 0.25) is 0 Å². The van der Waals surface area contributed by atoms with Crippen molar-refractivity contribution in [2.24, 2.45) is 0 Å². The maximum absolute atomic E-state index is 11.9. The molecule has 0 atom stereocenters. The predicted octanol–water partition coefficient (Wildman–Crippen LogP) is 2.73. The summed E-state index contributed by atoms with van der Waals surface area (Å²) < 4.78 is 0.687. The van der Waals surface area contributed by atoms with Gasteiger partial charge in [0, 0.05) is 10.5 Å². The van der Waals surface area contributed by atoms with E-state index in [1.165, 1.54) is 6.42 Å². The Bertz CT molecular complexity index is 487. The number of halogens is 1. The molecule has 1 saturated carbocycles. The summed E-state index contributed by atoms with van der Waals surface area (Å²) in [6.45, 7) is 0. The molecule has 1 aliphatic rings. The first-order valence-electron chi connectivity index (χ1n) is 6.78. The van der Waals surface area contributed by atoms with Gasteiger partial charge >= 0.3 is 6.03 Å². The summed E-state index contributed by atoms with van der Waals surface area (Å²) in [5.74, 6) is -0.351. The van der Waals surface area contributed by atoms with Crippen LogP contribution in [0.25, 0.3) is 0 Å². The molecule has 2 rings (SSSR count). The van der Waals surface area contributed by atoms with Gasteiger partial charge in [-0.25, -0.2) is 10.2 Å². The molecule has 1 aromatic rings. The third kappa shape index (κ3) is 4.23. The van der Waals surface area contributed by atoms with Crippen LogP contribution in [-0.4, -0.2) is 18.0 Å². The van der Waals surface area contributed by atoms with Crippen molar-refractivity contribution in [3.63, 3.8) is 0 Å². The lowest BCUT2D eigenvalue weighted by molar-refractivity contribution is 0.0935. The summed E-state index contributed by atoms with van der Waals surface area (Å²) in [6, 6.07) is 6.89. The van der Waals surface area contributed by atoms with Crippen molar-refractivity contribution in [1.82, 2.24) is 16.2 Å². The SMILES string of the molecule is O=C(NNC(=O)c1ccccc1Br)NC1CCCCC1. The van der Waals surface area contributed by atoms with E-state index in [1.54, 1.807) is 18.2 Å². The van der Waals surface area contributed by atoms with Crippen LogP contribution in [0.1, 0.15) is 42.5 Å². The van der Waals surface area contributed by atoms with Gasteiger partial charge < -0.3 is 5.32 Å². The normalized spacial score (nSPS) is 15.4. The Labute approximate surface area is 126 Å². The summed E-state index contributed by atoms with van der Waals surface area (Å²) >= 11 is 3.29. The molecule has 1 fully saturated rings. The Morgan fingerprint density at radius 3 is 2.45 bits per heavy atom. The molecular formula is C14H18BrN3O2. The van der Waals surface area contributed by atoms with Crippen molar-refractivity contribution >= 4 is 27.9 Å². The molecule has 0 spiro atoms. The fourth-order valence-corrected chi connectivity index (χ4v) is 2.76. The van der Waals surface area contributed by atoms with Gasteiger partial charge in [-0.3, -0.25) is 10.2 Å². The second kappa shape index (κ2) is 7.28. The van der Waals surface area contributed by atoms with Crippen LogP contribution in [0.2, 0.25) is 0 Å². The van der Waals surface area contributed by atoms with Crippen LogP contribution in [-0.2, 0) is 0 Å². The Morgan fingerprint density at radius 1 is 1.05 bits per heavy atom. The molecule has 0 aliphatic heterocycles. The zero-order valence-electron chi connectivity index (χ0n) is 11.1. The Morgan fingerprint density at radius 2 is 1.75 bits per heavy atom. The van der Waals surface area contributed by atoms with Gasteiger partial charge in [-0.2, -0.15) is 0 Å². The molecule has 1 aromatic carbocycles. The molecule has 0 radical (unpaired) electrons.